The van der Waals surface area contributed by atoms with Gasteiger partial charge in [-0.3, -0.25) is 0 Å². The molecule has 0 aliphatic carbocycles. The first-order valence-electron chi connectivity index (χ1n) is 4.98. The number of nitrogens with one attached hydrogen (secondary N) is 1. The highest BCUT2D eigenvalue weighted by Crippen LogP contribution is 2.06. The lowest BCUT2D eigenvalue weighted by atomic mass is 10.2. The van der Waals surface area contributed by atoms with E-state index in [4.69, 9.17) is 4.52 Å². The minimum Gasteiger partial charge on any atom is -0.361 e. The van der Waals surface area contributed by atoms with Crippen molar-refractivity contribution in [2.24, 2.45) is 0 Å². The molecule has 0 unspecified atom stereocenters. The lowest BCUT2D eigenvalue weighted by Crippen LogP contribution is -2.16. The van der Waals surface area contributed by atoms with Crippen LogP contribution in [0.5, 0.6) is 0 Å². The first-order valence-corrected chi connectivity index (χ1v) is 5.93. The normalized spacial score (nSPS) is 10.7. The maximum atomic E-state index is 4.98. The van der Waals surface area contributed by atoms with E-state index >= 15 is 0 Å². The summed E-state index contributed by atoms with van der Waals surface area (Å²) in [5.41, 5.74) is 2.36. The van der Waals surface area contributed by atoms with Crippen LogP contribution < -0.4 is 5.32 Å². The van der Waals surface area contributed by atoms with Crippen LogP contribution >= 0.6 is 11.3 Å². The van der Waals surface area contributed by atoms with Gasteiger partial charge in [0.05, 0.1) is 5.69 Å². The molecule has 3 nitrogen and oxygen atoms in total. The Morgan fingerprint density at radius 3 is 3.13 bits per heavy atom. The molecule has 2 aromatic rings. The van der Waals surface area contributed by atoms with E-state index in [0.717, 1.165) is 31.0 Å². The minimum absolute atomic E-state index is 0.779. The molecule has 0 bridgehead atoms. The third kappa shape index (κ3) is 3.18. The summed E-state index contributed by atoms with van der Waals surface area (Å²) in [6.07, 6.45) is 1.07. The van der Waals surface area contributed by atoms with E-state index in [1.54, 1.807) is 11.3 Å². The van der Waals surface area contributed by atoms with Gasteiger partial charge in [0.25, 0.3) is 0 Å². The molecule has 15 heavy (non-hydrogen) atoms. The van der Waals surface area contributed by atoms with Crippen LogP contribution in [-0.4, -0.2) is 11.7 Å². The average molecular weight is 222 g/mol. The molecule has 0 amide bonds. The number of rotatable bonds is 5. The van der Waals surface area contributed by atoms with Crippen molar-refractivity contribution in [2.75, 3.05) is 6.54 Å². The third-order valence-electron chi connectivity index (χ3n) is 2.15. The van der Waals surface area contributed by atoms with Crippen molar-refractivity contribution in [1.82, 2.24) is 10.5 Å². The Bertz CT molecular complexity index is 394. The topological polar surface area (TPSA) is 38.1 Å². The number of nitrogens with zero attached hydrogens (tertiary/aromatic N) is 1. The zero-order valence-corrected chi connectivity index (χ0v) is 9.51. The second-order valence-electron chi connectivity index (χ2n) is 3.49. The van der Waals surface area contributed by atoms with Gasteiger partial charge < -0.3 is 9.84 Å². The zero-order chi connectivity index (χ0) is 10.5. The quantitative estimate of drug-likeness (QED) is 0.789. The van der Waals surface area contributed by atoms with Crippen LogP contribution in [0.2, 0.25) is 0 Å². The van der Waals surface area contributed by atoms with Crippen LogP contribution in [0.4, 0.5) is 0 Å². The largest absolute Gasteiger partial charge is 0.361 e. The molecule has 2 aromatic heterocycles. The molecule has 0 aliphatic heterocycles. The Labute approximate surface area is 93.1 Å². The first kappa shape index (κ1) is 10.4. The van der Waals surface area contributed by atoms with E-state index in [9.17, 15) is 0 Å². The van der Waals surface area contributed by atoms with Crippen molar-refractivity contribution in [3.05, 3.63) is 39.9 Å². The zero-order valence-electron chi connectivity index (χ0n) is 8.69. The molecular weight excluding hydrogens is 208 g/mol. The fourth-order valence-electron chi connectivity index (χ4n) is 1.39. The molecule has 0 atom stereocenters. The maximum absolute atomic E-state index is 4.98. The maximum Gasteiger partial charge on any atom is 0.133 e. The predicted molar refractivity (Wildman–Crippen MR) is 61.0 cm³/mol. The number of aromatic nitrogens is 1. The smallest absolute Gasteiger partial charge is 0.133 e. The van der Waals surface area contributed by atoms with Crippen molar-refractivity contribution < 1.29 is 4.52 Å². The van der Waals surface area contributed by atoms with Crippen molar-refractivity contribution in [2.45, 2.75) is 19.9 Å². The van der Waals surface area contributed by atoms with Gasteiger partial charge in [-0.25, -0.2) is 0 Å². The van der Waals surface area contributed by atoms with Crippen molar-refractivity contribution in [1.29, 1.82) is 0 Å². The average Bonchev–Trinajstić information content (AvgIpc) is 2.84. The second kappa shape index (κ2) is 5.09. The minimum atomic E-state index is 0.779. The van der Waals surface area contributed by atoms with E-state index in [1.807, 2.05) is 13.0 Å². The van der Waals surface area contributed by atoms with Gasteiger partial charge in [-0.1, -0.05) is 5.16 Å². The van der Waals surface area contributed by atoms with Crippen molar-refractivity contribution in [3.63, 3.8) is 0 Å². The molecule has 0 saturated carbocycles. The fourth-order valence-corrected chi connectivity index (χ4v) is 2.09. The summed E-state index contributed by atoms with van der Waals surface area (Å²) >= 11 is 1.74. The molecular formula is C11H14N2OS. The highest BCUT2D eigenvalue weighted by atomic mass is 32.1. The second-order valence-corrected chi connectivity index (χ2v) is 4.27. The Kier molecular flexibility index (Phi) is 3.53. The molecule has 2 heterocycles. The van der Waals surface area contributed by atoms with Crippen LogP contribution in [0.1, 0.15) is 17.0 Å². The monoisotopic (exact) mass is 222 g/mol. The lowest BCUT2D eigenvalue weighted by molar-refractivity contribution is 0.388. The van der Waals surface area contributed by atoms with Gasteiger partial charge in [0, 0.05) is 12.6 Å². The third-order valence-corrected chi connectivity index (χ3v) is 2.89. The summed E-state index contributed by atoms with van der Waals surface area (Å²) in [6, 6.07) is 4.12. The van der Waals surface area contributed by atoms with Crippen molar-refractivity contribution in [3.8, 4) is 0 Å². The summed E-state index contributed by atoms with van der Waals surface area (Å²) in [5.74, 6) is 0.865. The molecule has 0 spiro atoms. The van der Waals surface area contributed by atoms with Crippen LogP contribution in [0.3, 0.4) is 0 Å². The molecule has 1 N–H and O–H groups in total. The van der Waals surface area contributed by atoms with E-state index in [2.05, 4.69) is 27.3 Å². The Morgan fingerprint density at radius 1 is 1.53 bits per heavy atom. The summed E-state index contributed by atoms with van der Waals surface area (Å²) < 4.78 is 4.98. The van der Waals surface area contributed by atoms with E-state index in [1.165, 1.54) is 5.56 Å². The van der Waals surface area contributed by atoms with Gasteiger partial charge in [-0.15, -0.1) is 0 Å². The van der Waals surface area contributed by atoms with Crippen LogP contribution in [0.15, 0.2) is 27.4 Å². The molecule has 2 rings (SSSR count). The summed E-state index contributed by atoms with van der Waals surface area (Å²) in [6.45, 7) is 3.66. The van der Waals surface area contributed by atoms with Gasteiger partial charge in [0.2, 0.25) is 0 Å². The molecule has 4 heteroatoms. The van der Waals surface area contributed by atoms with Gasteiger partial charge in [0.1, 0.15) is 5.76 Å². The van der Waals surface area contributed by atoms with Crippen LogP contribution in [0, 0.1) is 6.92 Å². The highest BCUT2D eigenvalue weighted by molar-refractivity contribution is 7.07. The van der Waals surface area contributed by atoms with Crippen LogP contribution in [-0.2, 0) is 13.0 Å². The Hall–Kier alpha value is -1.13. The number of hydrogen-bond acceptors (Lipinski definition) is 4. The number of thiophene rings is 1. The molecule has 0 fully saturated rings. The number of aryl methyl sites for hydroxylation is 1. The summed E-state index contributed by atoms with van der Waals surface area (Å²) in [5, 5.41) is 11.5. The standard InChI is InChI=1S/C11H14N2OS/c1-9-6-11(13-14-9)7-12-4-2-10-3-5-15-8-10/h3,5-6,8,12H,2,4,7H2,1H3. The predicted octanol–water partition coefficient (Wildman–Crippen LogP) is 2.38. The first-order chi connectivity index (χ1) is 7.34. The van der Waals surface area contributed by atoms with E-state index in [-0.39, 0.29) is 0 Å². The SMILES string of the molecule is Cc1cc(CNCCc2ccsc2)no1. The number of hydrogen-bond donors (Lipinski definition) is 1. The van der Waals surface area contributed by atoms with Crippen molar-refractivity contribution >= 4 is 11.3 Å². The Morgan fingerprint density at radius 2 is 2.47 bits per heavy atom. The van der Waals surface area contributed by atoms with E-state index in [0.29, 0.717) is 0 Å². The molecule has 0 aliphatic rings. The van der Waals surface area contributed by atoms with Gasteiger partial charge in [0.15, 0.2) is 0 Å². The summed E-state index contributed by atoms with van der Waals surface area (Å²) in [4.78, 5) is 0. The highest BCUT2D eigenvalue weighted by Gasteiger charge is 1.99. The molecule has 0 saturated heterocycles. The molecule has 0 radical (unpaired) electrons. The van der Waals surface area contributed by atoms with Gasteiger partial charge in [-0.2, -0.15) is 11.3 Å². The Balaban J connectivity index is 1.67. The summed E-state index contributed by atoms with van der Waals surface area (Å²) in [7, 11) is 0. The lowest BCUT2D eigenvalue weighted by Gasteiger charge is -1.99. The van der Waals surface area contributed by atoms with Crippen LogP contribution in [0.25, 0.3) is 0 Å². The van der Waals surface area contributed by atoms with E-state index < -0.39 is 0 Å². The fraction of sp³-hybridized carbons (Fsp3) is 0.364. The van der Waals surface area contributed by atoms with Gasteiger partial charge in [-0.05, 0) is 42.3 Å². The van der Waals surface area contributed by atoms with Gasteiger partial charge >= 0.3 is 0 Å². The molecule has 0 aromatic carbocycles. The molecule has 80 valence electrons.